The van der Waals surface area contributed by atoms with Gasteiger partial charge < -0.3 is 14.6 Å². The fraction of sp³-hybridized carbons (Fsp3) is 0.0952. The highest BCUT2D eigenvalue weighted by molar-refractivity contribution is 6.03. The van der Waals surface area contributed by atoms with Gasteiger partial charge in [0.1, 0.15) is 6.07 Å². The second-order valence-corrected chi connectivity index (χ2v) is 5.61. The minimum atomic E-state index is -0.996. The van der Waals surface area contributed by atoms with Crippen LogP contribution in [0.1, 0.15) is 21.6 Å². The molecule has 3 aromatic rings. The maximum Gasteiger partial charge on any atom is 0.336 e. The molecule has 0 unspecified atom stereocenters. The van der Waals surface area contributed by atoms with Crippen LogP contribution < -0.4 is 9.47 Å². The highest BCUT2D eigenvalue weighted by Crippen LogP contribution is 2.29. The van der Waals surface area contributed by atoms with Crippen LogP contribution in [0.2, 0.25) is 0 Å². The Balaban J connectivity index is 1.94. The second kappa shape index (κ2) is 8.02. The molecular weight excluding hydrogens is 344 g/mol. The van der Waals surface area contributed by atoms with E-state index in [1.807, 2.05) is 18.2 Å². The first-order valence-electron chi connectivity index (χ1n) is 8.11. The van der Waals surface area contributed by atoms with E-state index in [4.69, 9.17) is 14.7 Å². The Hall–Kier alpha value is -3.85. The normalized spacial score (nSPS) is 10.7. The number of hydrogen-bond donors (Lipinski definition) is 1. The number of methoxy groups -OCH3 is 1. The van der Waals surface area contributed by atoms with Gasteiger partial charge >= 0.3 is 5.97 Å². The number of fused-ring (bicyclic) bond motifs is 1. The summed E-state index contributed by atoms with van der Waals surface area (Å²) in [6.45, 7) is -0.0650. The molecule has 3 rings (SSSR count). The van der Waals surface area contributed by atoms with Gasteiger partial charge in [-0.05, 0) is 35.9 Å². The van der Waals surface area contributed by atoms with Crippen molar-refractivity contribution >= 4 is 29.0 Å². The van der Waals surface area contributed by atoms with Gasteiger partial charge in [-0.25, -0.2) is 9.78 Å². The van der Waals surface area contributed by atoms with Crippen LogP contribution in [0.4, 0.5) is 0 Å². The quantitative estimate of drug-likeness (QED) is 0.714. The zero-order valence-electron chi connectivity index (χ0n) is 14.5. The van der Waals surface area contributed by atoms with Crippen molar-refractivity contribution in [2.45, 2.75) is 0 Å². The van der Waals surface area contributed by atoms with Crippen LogP contribution in [0.5, 0.6) is 11.5 Å². The summed E-state index contributed by atoms with van der Waals surface area (Å²) in [6, 6.07) is 15.9. The third kappa shape index (κ3) is 4.05. The highest BCUT2D eigenvalue weighted by Gasteiger charge is 2.10. The molecule has 1 heterocycles. The van der Waals surface area contributed by atoms with Crippen LogP contribution >= 0.6 is 0 Å². The summed E-state index contributed by atoms with van der Waals surface area (Å²) in [5, 5.41) is 18.7. The first kappa shape index (κ1) is 18.0. The van der Waals surface area contributed by atoms with Crippen molar-refractivity contribution < 1.29 is 19.4 Å². The van der Waals surface area contributed by atoms with Crippen molar-refractivity contribution in [3.63, 3.8) is 0 Å². The molecule has 0 saturated carbocycles. The fourth-order valence-electron chi connectivity index (χ4n) is 2.66. The van der Waals surface area contributed by atoms with E-state index in [1.54, 1.807) is 48.6 Å². The van der Waals surface area contributed by atoms with E-state index in [9.17, 15) is 9.90 Å². The summed E-state index contributed by atoms with van der Waals surface area (Å²) < 4.78 is 10.6. The maximum atomic E-state index is 11.5. The molecule has 0 radical (unpaired) electrons. The van der Waals surface area contributed by atoms with E-state index < -0.39 is 5.97 Å². The lowest BCUT2D eigenvalue weighted by Gasteiger charge is -2.09. The molecule has 0 amide bonds. The third-order valence-corrected chi connectivity index (χ3v) is 3.89. The molecular formula is C21H16N2O4. The minimum Gasteiger partial charge on any atom is -0.493 e. The number of nitrogens with zero attached hydrogens (tertiary/aromatic N) is 2. The molecule has 0 saturated heterocycles. The average Bonchev–Trinajstić information content (AvgIpc) is 2.70. The Bertz CT molecular complexity index is 1070. The van der Waals surface area contributed by atoms with Gasteiger partial charge in [-0.15, -0.1) is 0 Å². The lowest BCUT2D eigenvalue weighted by Crippen LogP contribution is -2.00. The highest BCUT2D eigenvalue weighted by atomic mass is 16.5. The summed E-state index contributed by atoms with van der Waals surface area (Å²) >= 11 is 0. The number of carboxylic acid groups (broad SMARTS) is 1. The van der Waals surface area contributed by atoms with Crippen molar-refractivity contribution in [3.05, 3.63) is 65.4 Å². The molecule has 6 nitrogen and oxygen atoms in total. The first-order chi connectivity index (χ1) is 13.1. The smallest absolute Gasteiger partial charge is 0.336 e. The van der Waals surface area contributed by atoms with Crippen LogP contribution in [0.25, 0.3) is 23.1 Å². The molecule has 0 aliphatic rings. The number of rotatable bonds is 6. The molecule has 1 N–H and O–H groups in total. The Labute approximate surface area is 155 Å². The van der Waals surface area contributed by atoms with E-state index in [-0.39, 0.29) is 12.2 Å². The first-order valence-corrected chi connectivity index (χ1v) is 8.11. The Kier molecular flexibility index (Phi) is 5.33. The van der Waals surface area contributed by atoms with E-state index in [0.717, 1.165) is 5.56 Å². The fourth-order valence-corrected chi connectivity index (χ4v) is 2.66. The number of aromatic carboxylic acids is 1. The van der Waals surface area contributed by atoms with Gasteiger partial charge in [0.05, 0.1) is 23.9 Å². The van der Waals surface area contributed by atoms with Crippen LogP contribution in [0, 0.1) is 11.3 Å². The summed E-state index contributed by atoms with van der Waals surface area (Å²) in [4.78, 5) is 16.0. The van der Waals surface area contributed by atoms with Crippen molar-refractivity contribution in [1.82, 2.24) is 4.98 Å². The molecule has 0 bridgehead atoms. The van der Waals surface area contributed by atoms with Gasteiger partial charge in [0.2, 0.25) is 0 Å². The summed E-state index contributed by atoms with van der Waals surface area (Å²) in [5.74, 6) is -0.0118. The predicted molar refractivity (Wildman–Crippen MR) is 102 cm³/mol. The molecule has 0 aliphatic heterocycles. The predicted octanol–water partition coefficient (Wildman–Crippen LogP) is 4.01. The lowest BCUT2D eigenvalue weighted by atomic mass is 10.1. The van der Waals surface area contributed by atoms with E-state index in [1.165, 1.54) is 7.11 Å². The molecule has 0 spiro atoms. The largest absolute Gasteiger partial charge is 0.493 e. The number of pyridine rings is 1. The van der Waals surface area contributed by atoms with E-state index in [0.29, 0.717) is 28.1 Å². The molecule has 2 aromatic carbocycles. The van der Waals surface area contributed by atoms with Crippen molar-refractivity contribution in [3.8, 4) is 17.6 Å². The van der Waals surface area contributed by atoms with Crippen LogP contribution in [0.3, 0.4) is 0 Å². The van der Waals surface area contributed by atoms with Gasteiger partial charge in [-0.1, -0.05) is 30.3 Å². The van der Waals surface area contributed by atoms with Crippen LogP contribution in [0.15, 0.2) is 48.5 Å². The zero-order chi connectivity index (χ0) is 19.2. The van der Waals surface area contributed by atoms with Gasteiger partial charge in [0, 0.05) is 5.39 Å². The summed E-state index contributed by atoms with van der Waals surface area (Å²) in [6.07, 6.45) is 3.54. The van der Waals surface area contributed by atoms with Crippen LogP contribution in [-0.2, 0) is 0 Å². The second-order valence-electron chi connectivity index (χ2n) is 5.61. The van der Waals surface area contributed by atoms with Crippen molar-refractivity contribution in [2.24, 2.45) is 0 Å². The van der Waals surface area contributed by atoms with E-state index in [2.05, 4.69) is 4.98 Å². The van der Waals surface area contributed by atoms with E-state index >= 15 is 0 Å². The standard InChI is InChI=1S/C21H16N2O4/c1-26-20-12-14(7-9-19(20)27-11-10-22)6-8-15-13-17(21(24)25)16-4-2-3-5-18(16)23-15/h2-9,12-13H,11H2,1H3,(H,24,25). The maximum absolute atomic E-state index is 11.5. The summed E-state index contributed by atoms with van der Waals surface area (Å²) in [7, 11) is 1.52. The number of benzene rings is 2. The molecule has 0 aliphatic carbocycles. The summed E-state index contributed by atoms with van der Waals surface area (Å²) in [5.41, 5.74) is 2.19. The van der Waals surface area contributed by atoms with Gasteiger partial charge in [-0.2, -0.15) is 5.26 Å². The van der Waals surface area contributed by atoms with Crippen molar-refractivity contribution in [2.75, 3.05) is 13.7 Å². The molecule has 1 aromatic heterocycles. The number of para-hydroxylation sites is 1. The molecule has 6 heteroatoms. The SMILES string of the molecule is COc1cc(C=Cc2cc(C(=O)O)c3ccccc3n2)ccc1OCC#N. The van der Waals surface area contributed by atoms with Crippen molar-refractivity contribution in [1.29, 1.82) is 5.26 Å². The topological polar surface area (TPSA) is 92.4 Å². The van der Waals surface area contributed by atoms with Gasteiger partial charge in [0.15, 0.2) is 18.1 Å². The lowest BCUT2D eigenvalue weighted by molar-refractivity contribution is 0.0699. The zero-order valence-corrected chi connectivity index (χ0v) is 14.5. The van der Waals surface area contributed by atoms with Gasteiger partial charge in [0.25, 0.3) is 0 Å². The van der Waals surface area contributed by atoms with Crippen LogP contribution in [-0.4, -0.2) is 29.8 Å². The number of carbonyl (C=O) groups is 1. The molecule has 0 atom stereocenters. The number of aromatic nitrogens is 1. The Morgan fingerprint density at radius 2 is 2.00 bits per heavy atom. The van der Waals surface area contributed by atoms with Gasteiger partial charge in [-0.3, -0.25) is 0 Å². The molecule has 0 fully saturated rings. The molecule has 27 heavy (non-hydrogen) atoms. The minimum absolute atomic E-state index is 0.0650. The average molecular weight is 360 g/mol. The number of hydrogen-bond acceptors (Lipinski definition) is 5. The number of ether oxygens (including phenoxy) is 2. The number of carboxylic acids is 1. The molecule has 134 valence electrons. The third-order valence-electron chi connectivity index (χ3n) is 3.89. The Morgan fingerprint density at radius 3 is 2.74 bits per heavy atom. The Morgan fingerprint density at radius 1 is 1.19 bits per heavy atom. The monoisotopic (exact) mass is 360 g/mol. The number of nitriles is 1.